The molecule has 0 spiro atoms. The Kier molecular flexibility index (Phi) is 10.3. The van der Waals surface area contributed by atoms with Crippen LogP contribution in [0.2, 0.25) is 0 Å². The van der Waals surface area contributed by atoms with E-state index in [0.717, 1.165) is 5.56 Å². The van der Waals surface area contributed by atoms with Crippen molar-refractivity contribution >= 4 is 42.3 Å². The number of benzene rings is 1. The van der Waals surface area contributed by atoms with Gasteiger partial charge in [0.15, 0.2) is 0 Å². The summed E-state index contributed by atoms with van der Waals surface area (Å²) in [5.41, 5.74) is 6.63. The molecule has 0 aromatic heterocycles. The van der Waals surface area contributed by atoms with Crippen molar-refractivity contribution < 1.29 is 34.2 Å². The van der Waals surface area contributed by atoms with Crippen molar-refractivity contribution in [1.82, 2.24) is 16.0 Å². The number of carboxylic acids is 2. The molecule has 164 valence electrons. The van der Waals surface area contributed by atoms with Gasteiger partial charge in [-0.3, -0.25) is 19.2 Å². The van der Waals surface area contributed by atoms with Gasteiger partial charge in [0.2, 0.25) is 17.7 Å². The van der Waals surface area contributed by atoms with Gasteiger partial charge in [-0.25, -0.2) is 4.79 Å². The number of nitrogens with two attached hydrogens (primary N) is 1. The lowest BCUT2D eigenvalue weighted by Crippen LogP contribution is -2.54. The second-order valence-electron chi connectivity index (χ2n) is 6.31. The highest BCUT2D eigenvalue weighted by atomic mass is 32.1. The Morgan fingerprint density at radius 2 is 1.60 bits per heavy atom. The lowest BCUT2D eigenvalue weighted by molar-refractivity contribution is -0.143. The average molecular weight is 440 g/mol. The van der Waals surface area contributed by atoms with E-state index in [1.165, 1.54) is 0 Å². The molecule has 30 heavy (non-hydrogen) atoms. The van der Waals surface area contributed by atoms with Crippen LogP contribution < -0.4 is 21.7 Å². The molecule has 0 radical (unpaired) electrons. The Labute approximate surface area is 177 Å². The Balaban J connectivity index is 2.60. The number of amides is 3. The molecule has 0 aliphatic rings. The molecule has 0 aliphatic heterocycles. The molecule has 3 unspecified atom stereocenters. The minimum absolute atomic E-state index is 0.232. The topological polar surface area (TPSA) is 188 Å². The number of aliphatic carboxylic acids is 2. The number of carbonyl (C=O) groups excluding carboxylic acids is 3. The summed E-state index contributed by atoms with van der Waals surface area (Å²) >= 11 is 3.79. The molecule has 7 N–H and O–H groups in total. The van der Waals surface area contributed by atoms with Gasteiger partial charge in [0, 0.05) is 5.75 Å². The molecular weight excluding hydrogens is 416 g/mol. The minimum atomic E-state index is -1.54. The third kappa shape index (κ3) is 8.92. The van der Waals surface area contributed by atoms with Crippen molar-refractivity contribution in [3.63, 3.8) is 0 Å². The number of nitrogens with one attached hydrogen (secondary N) is 3. The first-order chi connectivity index (χ1) is 14.1. The van der Waals surface area contributed by atoms with E-state index in [1.807, 2.05) is 6.07 Å². The molecule has 1 rings (SSSR count). The van der Waals surface area contributed by atoms with E-state index in [2.05, 4.69) is 28.6 Å². The molecule has 3 amide bonds. The van der Waals surface area contributed by atoms with Gasteiger partial charge in [0.05, 0.1) is 19.0 Å². The maximum absolute atomic E-state index is 12.1. The molecule has 0 bridgehead atoms. The molecule has 12 heteroatoms. The predicted molar refractivity (Wildman–Crippen MR) is 109 cm³/mol. The monoisotopic (exact) mass is 440 g/mol. The van der Waals surface area contributed by atoms with Crippen molar-refractivity contribution in [2.45, 2.75) is 31.0 Å². The minimum Gasteiger partial charge on any atom is -0.481 e. The van der Waals surface area contributed by atoms with Crippen LogP contribution in [0.25, 0.3) is 0 Å². The largest absolute Gasteiger partial charge is 0.481 e. The molecular formula is C18H24N4O7S. The first-order valence-corrected chi connectivity index (χ1v) is 9.49. The third-order valence-electron chi connectivity index (χ3n) is 3.89. The maximum atomic E-state index is 12.1. The number of rotatable bonds is 12. The predicted octanol–water partition coefficient (Wildman–Crippen LogP) is -1.87. The molecule has 0 saturated carbocycles. The average Bonchev–Trinajstić information content (AvgIpc) is 2.69. The van der Waals surface area contributed by atoms with Crippen molar-refractivity contribution in [1.29, 1.82) is 0 Å². The summed E-state index contributed by atoms with van der Waals surface area (Å²) in [6, 6.07) is 5.20. The first-order valence-electron chi connectivity index (χ1n) is 8.86. The van der Waals surface area contributed by atoms with Crippen LogP contribution in [0.4, 0.5) is 0 Å². The van der Waals surface area contributed by atoms with Crippen LogP contribution >= 0.6 is 12.6 Å². The summed E-state index contributed by atoms with van der Waals surface area (Å²) < 4.78 is 0. The highest BCUT2D eigenvalue weighted by Gasteiger charge is 2.28. The zero-order valence-electron chi connectivity index (χ0n) is 15.9. The van der Waals surface area contributed by atoms with Crippen LogP contribution in [0.5, 0.6) is 0 Å². The van der Waals surface area contributed by atoms with E-state index >= 15 is 0 Å². The van der Waals surface area contributed by atoms with E-state index in [1.54, 1.807) is 24.3 Å². The Bertz CT molecular complexity index is 775. The maximum Gasteiger partial charge on any atom is 0.327 e. The number of carbonyl (C=O) groups is 5. The molecule has 11 nitrogen and oxygen atoms in total. The first kappa shape index (κ1) is 24.9. The molecule has 1 aromatic rings. The smallest absolute Gasteiger partial charge is 0.327 e. The van der Waals surface area contributed by atoms with Gasteiger partial charge in [0.1, 0.15) is 12.1 Å². The van der Waals surface area contributed by atoms with Crippen LogP contribution in [0.1, 0.15) is 12.0 Å². The van der Waals surface area contributed by atoms with Gasteiger partial charge in [0.25, 0.3) is 0 Å². The lowest BCUT2D eigenvalue weighted by atomic mass is 10.1. The fourth-order valence-electron chi connectivity index (χ4n) is 2.35. The van der Waals surface area contributed by atoms with Crippen molar-refractivity contribution in [2.75, 3.05) is 12.3 Å². The zero-order chi connectivity index (χ0) is 22.7. The summed E-state index contributed by atoms with van der Waals surface area (Å²) in [6.45, 7) is -0.542. The lowest BCUT2D eigenvalue weighted by Gasteiger charge is -2.20. The number of thiol groups is 1. The fraction of sp³-hybridized carbons (Fsp3) is 0.389. The van der Waals surface area contributed by atoms with Crippen molar-refractivity contribution in [2.24, 2.45) is 5.73 Å². The van der Waals surface area contributed by atoms with E-state index in [4.69, 9.17) is 15.9 Å². The highest BCUT2D eigenvalue weighted by molar-refractivity contribution is 7.80. The Hall–Kier alpha value is -3.12. The Morgan fingerprint density at radius 3 is 2.13 bits per heavy atom. The molecule has 0 aliphatic carbocycles. The van der Waals surface area contributed by atoms with Crippen molar-refractivity contribution in [3.8, 4) is 0 Å². The molecule has 3 atom stereocenters. The molecule has 1 aromatic carbocycles. The fourth-order valence-corrected chi connectivity index (χ4v) is 2.59. The Morgan fingerprint density at radius 1 is 0.967 bits per heavy atom. The standard InChI is InChI=1S/C18H24N4O7S/c19-11(6-10-4-2-1-3-5-10)16(26)20-8-14(23)21-12(7-15(24)25)17(27)22-13(9-30)18(28)29/h1-5,11-13,30H,6-9,19H2,(H,20,26)(H,21,23)(H,22,27)(H,24,25)(H,28,29). The second kappa shape index (κ2) is 12.4. The van der Waals surface area contributed by atoms with Crippen molar-refractivity contribution in [3.05, 3.63) is 35.9 Å². The third-order valence-corrected chi connectivity index (χ3v) is 4.25. The van der Waals surface area contributed by atoms with Crippen LogP contribution in [-0.2, 0) is 30.4 Å². The van der Waals surface area contributed by atoms with Gasteiger partial charge in [-0.2, -0.15) is 12.6 Å². The number of carboxylic acid groups (broad SMARTS) is 2. The van der Waals surface area contributed by atoms with Gasteiger partial charge in [-0.15, -0.1) is 0 Å². The van der Waals surface area contributed by atoms with E-state index in [9.17, 15) is 24.0 Å². The van der Waals surface area contributed by atoms with E-state index in [0.29, 0.717) is 0 Å². The van der Waals surface area contributed by atoms with Gasteiger partial charge >= 0.3 is 11.9 Å². The zero-order valence-corrected chi connectivity index (χ0v) is 16.8. The molecule has 0 saturated heterocycles. The highest BCUT2D eigenvalue weighted by Crippen LogP contribution is 2.02. The summed E-state index contributed by atoms with van der Waals surface area (Å²) in [5.74, 6) is -5.42. The molecule has 0 heterocycles. The van der Waals surface area contributed by atoms with Gasteiger partial charge < -0.3 is 31.9 Å². The quantitative estimate of drug-likeness (QED) is 0.184. The summed E-state index contributed by atoms with van der Waals surface area (Å²) in [5, 5.41) is 24.4. The second-order valence-corrected chi connectivity index (χ2v) is 6.68. The van der Waals surface area contributed by atoms with Crippen LogP contribution in [0.3, 0.4) is 0 Å². The summed E-state index contributed by atoms with van der Waals surface area (Å²) in [6.07, 6.45) is -0.531. The summed E-state index contributed by atoms with van der Waals surface area (Å²) in [7, 11) is 0. The molecule has 0 fully saturated rings. The van der Waals surface area contributed by atoms with Crippen LogP contribution in [0.15, 0.2) is 30.3 Å². The van der Waals surface area contributed by atoms with E-state index < -0.39 is 60.8 Å². The van der Waals surface area contributed by atoms with Crippen LogP contribution in [0, 0.1) is 0 Å². The van der Waals surface area contributed by atoms with Crippen LogP contribution in [-0.4, -0.2) is 70.3 Å². The van der Waals surface area contributed by atoms with Gasteiger partial charge in [-0.05, 0) is 12.0 Å². The number of hydrogen-bond donors (Lipinski definition) is 7. The number of hydrogen-bond acceptors (Lipinski definition) is 7. The normalized spacial score (nSPS) is 13.4. The summed E-state index contributed by atoms with van der Waals surface area (Å²) in [4.78, 5) is 58.2. The van der Waals surface area contributed by atoms with E-state index in [-0.39, 0.29) is 12.2 Å². The van der Waals surface area contributed by atoms with Gasteiger partial charge in [-0.1, -0.05) is 30.3 Å². The SMILES string of the molecule is NC(Cc1ccccc1)C(=O)NCC(=O)NC(CC(=O)O)C(=O)NC(CS)C(=O)O.